The minimum absolute atomic E-state index is 0.559. The highest BCUT2D eigenvalue weighted by Gasteiger charge is 2.21. The molecule has 2 aliphatic rings. The molecule has 0 atom stereocenters. The van der Waals surface area contributed by atoms with Gasteiger partial charge in [-0.05, 0) is 38.0 Å². The fourth-order valence-electron chi connectivity index (χ4n) is 3.03. The van der Waals surface area contributed by atoms with Crippen LogP contribution in [0.1, 0.15) is 63.4 Å². The molecule has 0 unspecified atom stereocenters. The summed E-state index contributed by atoms with van der Waals surface area (Å²) in [7, 11) is 0. The van der Waals surface area contributed by atoms with Gasteiger partial charge >= 0.3 is 0 Å². The highest BCUT2D eigenvalue weighted by molar-refractivity contribution is 5.69. The molecule has 3 rings (SSSR count). The average molecular weight is 284 g/mol. The number of aryl methyl sites for hydroxylation is 1. The van der Waals surface area contributed by atoms with E-state index in [1.54, 1.807) is 0 Å². The molecule has 21 heavy (non-hydrogen) atoms. The van der Waals surface area contributed by atoms with Crippen molar-refractivity contribution in [1.29, 1.82) is 0 Å². The van der Waals surface area contributed by atoms with Crippen molar-refractivity contribution in [1.82, 2.24) is 9.97 Å². The van der Waals surface area contributed by atoms with Crippen LogP contribution in [0.2, 0.25) is 0 Å². The van der Waals surface area contributed by atoms with E-state index in [1.165, 1.54) is 25.7 Å². The molecule has 4 nitrogen and oxygen atoms in total. The highest BCUT2D eigenvalue weighted by atomic mass is 15.1. The second-order valence-corrected chi connectivity index (χ2v) is 5.93. The molecule has 112 valence electrons. The molecule has 0 amide bonds. The van der Waals surface area contributed by atoms with Gasteiger partial charge in [0.2, 0.25) is 5.82 Å². The quantitative estimate of drug-likeness (QED) is 0.836. The summed E-state index contributed by atoms with van der Waals surface area (Å²) in [6, 6.07) is 0.559. The Hall–Kier alpha value is -1.76. The average Bonchev–Trinajstić information content (AvgIpc) is 3.01. The molecule has 1 saturated carbocycles. The Kier molecular flexibility index (Phi) is 4.59. The first-order valence-corrected chi connectivity index (χ1v) is 8.27. The van der Waals surface area contributed by atoms with Crippen LogP contribution in [0.15, 0.2) is 0 Å². The van der Waals surface area contributed by atoms with Crippen molar-refractivity contribution in [2.75, 3.05) is 17.2 Å². The second kappa shape index (κ2) is 6.80. The first-order chi connectivity index (χ1) is 10.4. The second-order valence-electron chi connectivity index (χ2n) is 5.93. The standard InChI is InChI=1S/C17H24N4/c1-2-3-4-11-15-20-14-10-7-12-18-16(14)17(21-15)19-13-8-5-6-9-13/h13,18H,2-3,5-10,12H2,1H3,(H,19,20,21). The van der Waals surface area contributed by atoms with Crippen LogP contribution in [0.4, 0.5) is 11.5 Å². The highest BCUT2D eigenvalue weighted by Crippen LogP contribution is 2.30. The number of anilines is 2. The van der Waals surface area contributed by atoms with Gasteiger partial charge in [0.15, 0.2) is 5.82 Å². The molecule has 1 aromatic heterocycles. The monoisotopic (exact) mass is 284 g/mol. The SMILES string of the molecule is CCCC#Cc1nc2c(c(NC3CCCC3)n1)NCCC2. The zero-order chi connectivity index (χ0) is 14.5. The molecular weight excluding hydrogens is 260 g/mol. The number of fused-ring (bicyclic) bond motifs is 1. The van der Waals surface area contributed by atoms with Crippen LogP contribution in [0.5, 0.6) is 0 Å². The van der Waals surface area contributed by atoms with Gasteiger partial charge < -0.3 is 10.6 Å². The number of nitrogens with one attached hydrogen (secondary N) is 2. The Balaban J connectivity index is 1.87. The van der Waals surface area contributed by atoms with E-state index in [9.17, 15) is 0 Å². The Morgan fingerprint density at radius 2 is 2.10 bits per heavy atom. The summed E-state index contributed by atoms with van der Waals surface area (Å²) in [6.45, 7) is 3.15. The molecule has 1 fully saturated rings. The predicted molar refractivity (Wildman–Crippen MR) is 86.5 cm³/mol. The van der Waals surface area contributed by atoms with Gasteiger partial charge in [-0.25, -0.2) is 9.97 Å². The molecule has 0 radical (unpaired) electrons. The lowest BCUT2D eigenvalue weighted by Gasteiger charge is -2.22. The lowest BCUT2D eigenvalue weighted by molar-refractivity contribution is 0.741. The summed E-state index contributed by atoms with van der Waals surface area (Å²) in [5.41, 5.74) is 2.23. The summed E-state index contributed by atoms with van der Waals surface area (Å²) in [5, 5.41) is 7.08. The van der Waals surface area contributed by atoms with Crippen LogP contribution in [0.3, 0.4) is 0 Å². The fraction of sp³-hybridized carbons (Fsp3) is 0.647. The van der Waals surface area contributed by atoms with E-state index < -0.39 is 0 Å². The number of hydrogen-bond donors (Lipinski definition) is 2. The summed E-state index contributed by atoms with van der Waals surface area (Å²) < 4.78 is 0. The summed E-state index contributed by atoms with van der Waals surface area (Å²) in [6.07, 6.45) is 9.27. The fourth-order valence-corrected chi connectivity index (χ4v) is 3.03. The number of unbranched alkanes of at least 4 members (excludes halogenated alkanes) is 1. The van der Waals surface area contributed by atoms with Crippen molar-refractivity contribution in [2.24, 2.45) is 0 Å². The Morgan fingerprint density at radius 1 is 1.24 bits per heavy atom. The lowest BCUT2D eigenvalue weighted by atomic mass is 10.1. The van der Waals surface area contributed by atoms with E-state index in [-0.39, 0.29) is 0 Å². The maximum Gasteiger partial charge on any atom is 0.207 e. The van der Waals surface area contributed by atoms with Crippen molar-refractivity contribution in [3.63, 3.8) is 0 Å². The van der Waals surface area contributed by atoms with Crippen molar-refractivity contribution in [3.05, 3.63) is 11.5 Å². The maximum absolute atomic E-state index is 4.66. The van der Waals surface area contributed by atoms with Crippen molar-refractivity contribution in [2.45, 2.75) is 64.3 Å². The first kappa shape index (κ1) is 14.2. The van der Waals surface area contributed by atoms with Crippen LogP contribution in [0, 0.1) is 11.8 Å². The molecule has 0 bridgehead atoms. The minimum atomic E-state index is 0.559. The zero-order valence-corrected chi connectivity index (χ0v) is 12.8. The molecule has 1 aliphatic heterocycles. The molecule has 0 aromatic carbocycles. The third kappa shape index (κ3) is 3.47. The van der Waals surface area contributed by atoms with Crippen LogP contribution in [-0.4, -0.2) is 22.6 Å². The molecule has 1 aliphatic carbocycles. The van der Waals surface area contributed by atoms with E-state index in [4.69, 9.17) is 0 Å². The first-order valence-electron chi connectivity index (χ1n) is 8.27. The van der Waals surface area contributed by atoms with E-state index in [1.807, 2.05) is 0 Å². The molecule has 1 aromatic rings. The van der Waals surface area contributed by atoms with Gasteiger partial charge in [-0.3, -0.25) is 0 Å². The van der Waals surface area contributed by atoms with E-state index in [0.717, 1.165) is 49.4 Å². The predicted octanol–water partition coefficient (Wildman–Crippen LogP) is 3.34. The molecule has 2 heterocycles. The van der Waals surface area contributed by atoms with Crippen molar-refractivity contribution >= 4 is 11.5 Å². The van der Waals surface area contributed by atoms with E-state index in [2.05, 4.69) is 39.4 Å². The number of hydrogen-bond acceptors (Lipinski definition) is 4. The van der Waals surface area contributed by atoms with E-state index in [0.29, 0.717) is 11.9 Å². The van der Waals surface area contributed by atoms with Crippen LogP contribution >= 0.6 is 0 Å². The normalized spacial score (nSPS) is 17.6. The molecule has 2 N–H and O–H groups in total. The van der Waals surface area contributed by atoms with Gasteiger partial charge in [0, 0.05) is 19.0 Å². The van der Waals surface area contributed by atoms with Crippen molar-refractivity contribution < 1.29 is 0 Å². The summed E-state index contributed by atoms with van der Waals surface area (Å²) >= 11 is 0. The number of aromatic nitrogens is 2. The van der Waals surface area contributed by atoms with Gasteiger partial charge in [-0.15, -0.1) is 0 Å². The van der Waals surface area contributed by atoms with Gasteiger partial charge in [0.25, 0.3) is 0 Å². The van der Waals surface area contributed by atoms with Crippen molar-refractivity contribution in [3.8, 4) is 11.8 Å². The smallest absolute Gasteiger partial charge is 0.207 e. The topological polar surface area (TPSA) is 49.8 Å². The lowest BCUT2D eigenvalue weighted by Crippen LogP contribution is -2.22. The Labute approximate surface area is 127 Å². The molecule has 0 spiro atoms. The van der Waals surface area contributed by atoms with Gasteiger partial charge in [0.05, 0.1) is 11.4 Å². The van der Waals surface area contributed by atoms with Gasteiger partial charge in [0.1, 0.15) is 0 Å². The van der Waals surface area contributed by atoms with E-state index >= 15 is 0 Å². The minimum Gasteiger partial charge on any atom is -0.381 e. The molecule has 0 saturated heterocycles. The van der Waals surface area contributed by atoms with Crippen LogP contribution in [0.25, 0.3) is 0 Å². The Morgan fingerprint density at radius 3 is 2.90 bits per heavy atom. The maximum atomic E-state index is 4.66. The largest absolute Gasteiger partial charge is 0.381 e. The third-order valence-electron chi connectivity index (χ3n) is 4.15. The summed E-state index contributed by atoms with van der Waals surface area (Å²) in [4.78, 5) is 9.30. The molecule has 4 heteroatoms. The van der Waals surface area contributed by atoms with Gasteiger partial charge in [-0.1, -0.05) is 25.7 Å². The van der Waals surface area contributed by atoms with Crippen LogP contribution in [-0.2, 0) is 6.42 Å². The van der Waals surface area contributed by atoms with Crippen LogP contribution < -0.4 is 10.6 Å². The zero-order valence-electron chi connectivity index (χ0n) is 12.8. The molecular formula is C17H24N4. The van der Waals surface area contributed by atoms with Gasteiger partial charge in [-0.2, -0.15) is 0 Å². The summed E-state index contributed by atoms with van der Waals surface area (Å²) in [5.74, 6) is 7.91. The third-order valence-corrected chi connectivity index (χ3v) is 4.15. The number of nitrogens with zero attached hydrogens (tertiary/aromatic N) is 2. The number of rotatable bonds is 3. The Bertz CT molecular complexity index is 550.